The largest absolute Gasteiger partial charge is 0.453 e. The highest BCUT2D eigenvalue weighted by Gasteiger charge is 2.29. The fourth-order valence-corrected chi connectivity index (χ4v) is 3.37. The number of hydrogen-bond acceptors (Lipinski definition) is 2. The van der Waals surface area contributed by atoms with Crippen LogP contribution in [-0.4, -0.2) is 6.54 Å². The van der Waals surface area contributed by atoms with Gasteiger partial charge in [-0.15, -0.1) is 0 Å². The second-order valence-corrected chi connectivity index (χ2v) is 5.96. The van der Waals surface area contributed by atoms with Gasteiger partial charge >= 0.3 is 0 Å². The van der Waals surface area contributed by atoms with E-state index in [9.17, 15) is 0 Å². The van der Waals surface area contributed by atoms with Crippen molar-refractivity contribution < 1.29 is 4.42 Å². The first kappa shape index (κ1) is 14.0. The third-order valence-corrected chi connectivity index (χ3v) is 4.35. The van der Waals surface area contributed by atoms with Crippen molar-refractivity contribution in [3.63, 3.8) is 0 Å². The summed E-state index contributed by atoms with van der Waals surface area (Å²) in [4.78, 5) is 0. The van der Waals surface area contributed by atoms with Gasteiger partial charge in [0, 0.05) is 11.6 Å². The molecule has 0 aromatic carbocycles. The molecule has 3 unspecified atom stereocenters. The van der Waals surface area contributed by atoms with Gasteiger partial charge in [-0.1, -0.05) is 26.7 Å². The SMILES string of the molecule is CCCNC(c1ccoc1Cl)C1CCCC(C)C1. The van der Waals surface area contributed by atoms with Crippen LogP contribution in [0.4, 0.5) is 0 Å². The first-order valence-electron chi connectivity index (χ1n) is 7.18. The van der Waals surface area contributed by atoms with Crippen LogP contribution in [0, 0.1) is 11.8 Å². The van der Waals surface area contributed by atoms with E-state index in [1.165, 1.54) is 25.7 Å². The van der Waals surface area contributed by atoms with Gasteiger partial charge in [-0.3, -0.25) is 0 Å². The lowest BCUT2D eigenvalue weighted by molar-refractivity contribution is 0.223. The Bertz CT molecular complexity index is 363. The molecule has 0 saturated heterocycles. The average Bonchev–Trinajstić information content (AvgIpc) is 2.77. The molecule has 0 amide bonds. The summed E-state index contributed by atoms with van der Waals surface area (Å²) in [5, 5.41) is 4.22. The summed E-state index contributed by atoms with van der Waals surface area (Å²) in [5.74, 6) is 1.52. The van der Waals surface area contributed by atoms with Gasteiger partial charge < -0.3 is 9.73 Å². The van der Waals surface area contributed by atoms with Crippen molar-refractivity contribution in [2.75, 3.05) is 6.54 Å². The highest BCUT2D eigenvalue weighted by Crippen LogP contribution is 2.39. The predicted octanol–water partition coefficient (Wildman–Crippen LogP) is 4.80. The minimum absolute atomic E-state index is 0.360. The van der Waals surface area contributed by atoms with E-state index < -0.39 is 0 Å². The molecule has 1 heterocycles. The van der Waals surface area contributed by atoms with Gasteiger partial charge in [0.15, 0.2) is 5.22 Å². The van der Waals surface area contributed by atoms with Crippen molar-refractivity contribution in [3.05, 3.63) is 23.1 Å². The summed E-state index contributed by atoms with van der Waals surface area (Å²) >= 11 is 6.16. The van der Waals surface area contributed by atoms with Crippen molar-refractivity contribution in [2.24, 2.45) is 11.8 Å². The minimum Gasteiger partial charge on any atom is -0.453 e. The molecular formula is C15H24ClNO. The Labute approximate surface area is 115 Å². The van der Waals surface area contributed by atoms with E-state index in [2.05, 4.69) is 19.2 Å². The average molecular weight is 270 g/mol. The van der Waals surface area contributed by atoms with Crippen LogP contribution in [0.2, 0.25) is 5.22 Å². The van der Waals surface area contributed by atoms with Crippen molar-refractivity contribution in [3.8, 4) is 0 Å². The zero-order chi connectivity index (χ0) is 13.0. The number of halogens is 1. The molecular weight excluding hydrogens is 246 g/mol. The van der Waals surface area contributed by atoms with Crippen molar-refractivity contribution in [2.45, 2.75) is 52.0 Å². The first-order chi connectivity index (χ1) is 8.72. The third-order valence-electron chi connectivity index (χ3n) is 4.04. The number of hydrogen-bond donors (Lipinski definition) is 1. The van der Waals surface area contributed by atoms with Crippen LogP contribution >= 0.6 is 11.6 Å². The predicted molar refractivity (Wildman–Crippen MR) is 75.9 cm³/mol. The fraction of sp³-hybridized carbons (Fsp3) is 0.733. The lowest BCUT2D eigenvalue weighted by atomic mass is 9.77. The molecule has 1 saturated carbocycles. The number of furan rings is 1. The second-order valence-electron chi connectivity index (χ2n) is 5.61. The summed E-state index contributed by atoms with van der Waals surface area (Å²) in [6, 6.07) is 2.38. The van der Waals surface area contributed by atoms with Crippen molar-refractivity contribution in [1.82, 2.24) is 5.32 Å². The van der Waals surface area contributed by atoms with Gasteiger partial charge in [0.25, 0.3) is 0 Å². The molecule has 1 N–H and O–H groups in total. The molecule has 0 spiro atoms. The van der Waals surface area contributed by atoms with Crippen LogP contribution in [0.1, 0.15) is 57.6 Å². The van der Waals surface area contributed by atoms with Gasteiger partial charge in [-0.05, 0) is 55.3 Å². The molecule has 0 bridgehead atoms. The van der Waals surface area contributed by atoms with Crippen LogP contribution in [-0.2, 0) is 0 Å². The normalized spacial score (nSPS) is 26.2. The Morgan fingerprint density at radius 1 is 1.50 bits per heavy atom. The Balaban J connectivity index is 2.11. The Morgan fingerprint density at radius 2 is 2.33 bits per heavy atom. The Hall–Kier alpha value is -0.470. The maximum atomic E-state index is 6.16. The standard InChI is InChI=1S/C15H24ClNO/c1-3-8-17-14(13-7-9-18-15(13)16)12-6-4-5-11(2)10-12/h7,9,11-12,14,17H,3-6,8,10H2,1-2H3. The molecule has 0 aliphatic heterocycles. The molecule has 102 valence electrons. The number of rotatable bonds is 5. The molecule has 0 radical (unpaired) electrons. The molecule has 2 nitrogen and oxygen atoms in total. The minimum atomic E-state index is 0.360. The molecule has 3 atom stereocenters. The quantitative estimate of drug-likeness (QED) is 0.831. The molecule has 3 heteroatoms. The molecule has 1 aliphatic carbocycles. The van der Waals surface area contributed by atoms with Gasteiger partial charge in [0.1, 0.15) is 0 Å². The first-order valence-corrected chi connectivity index (χ1v) is 7.56. The van der Waals surface area contributed by atoms with Crippen LogP contribution in [0.5, 0.6) is 0 Å². The van der Waals surface area contributed by atoms with E-state index in [1.807, 2.05) is 6.07 Å². The van der Waals surface area contributed by atoms with E-state index in [1.54, 1.807) is 6.26 Å². The second kappa shape index (κ2) is 6.63. The molecule has 1 aromatic heterocycles. The van der Waals surface area contributed by atoms with E-state index in [0.29, 0.717) is 17.2 Å². The fourth-order valence-electron chi connectivity index (χ4n) is 3.14. The molecule has 1 aliphatic rings. The van der Waals surface area contributed by atoms with Crippen LogP contribution in [0.25, 0.3) is 0 Å². The summed E-state index contributed by atoms with van der Waals surface area (Å²) in [6.07, 6.45) is 8.15. The van der Waals surface area contributed by atoms with Gasteiger partial charge in [-0.2, -0.15) is 0 Å². The highest BCUT2D eigenvalue weighted by molar-refractivity contribution is 6.29. The van der Waals surface area contributed by atoms with Crippen LogP contribution in [0.3, 0.4) is 0 Å². The Morgan fingerprint density at radius 3 is 2.94 bits per heavy atom. The maximum absolute atomic E-state index is 6.16. The summed E-state index contributed by atoms with van der Waals surface area (Å²) in [7, 11) is 0. The maximum Gasteiger partial charge on any atom is 0.197 e. The van der Waals surface area contributed by atoms with E-state index in [0.717, 1.165) is 24.4 Å². The van der Waals surface area contributed by atoms with E-state index in [-0.39, 0.29) is 0 Å². The Kier molecular flexibility index (Phi) is 5.13. The zero-order valence-corrected chi connectivity index (χ0v) is 12.2. The van der Waals surface area contributed by atoms with Crippen LogP contribution < -0.4 is 5.32 Å². The molecule has 1 aromatic rings. The van der Waals surface area contributed by atoms with Crippen molar-refractivity contribution >= 4 is 11.6 Å². The topological polar surface area (TPSA) is 25.2 Å². The monoisotopic (exact) mass is 269 g/mol. The summed E-state index contributed by atoms with van der Waals surface area (Å²) in [6.45, 7) is 5.60. The lowest BCUT2D eigenvalue weighted by Gasteiger charge is -2.33. The summed E-state index contributed by atoms with van der Waals surface area (Å²) < 4.78 is 5.27. The van der Waals surface area contributed by atoms with Crippen LogP contribution in [0.15, 0.2) is 16.7 Å². The lowest BCUT2D eigenvalue weighted by Crippen LogP contribution is -2.31. The molecule has 18 heavy (non-hydrogen) atoms. The molecule has 2 rings (SSSR count). The van der Waals surface area contributed by atoms with Gasteiger partial charge in [0.2, 0.25) is 0 Å². The zero-order valence-electron chi connectivity index (χ0n) is 11.4. The number of nitrogens with one attached hydrogen (secondary N) is 1. The van der Waals surface area contributed by atoms with Gasteiger partial charge in [0.05, 0.1) is 6.26 Å². The summed E-state index contributed by atoms with van der Waals surface area (Å²) in [5.41, 5.74) is 1.14. The molecule has 1 fully saturated rings. The third kappa shape index (κ3) is 3.30. The highest BCUT2D eigenvalue weighted by atomic mass is 35.5. The van der Waals surface area contributed by atoms with Crippen molar-refractivity contribution in [1.29, 1.82) is 0 Å². The van der Waals surface area contributed by atoms with Gasteiger partial charge in [-0.25, -0.2) is 0 Å². The van der Waals surface area contributed by atoms with E-state index >= 15 is 0 Å². The van der Waals surface area contributed by atoms with E-state index in [4.69, 9.17) is 16.0 Å². The smallest absolute Gasteiger partial charge is 0.197 e.